The van der Waals surface area contributed by atoms with E-state index in [1.807, 2.05) is 0 Å². The lowest BCUT2D eigenvalue weighted by molar-refractivity contribution is -0.120. The van der Waals surface area contributed by atoms with E-state index < -0.39 is 47.9 Å². The fourth-order valence-electron chi connectivity index (χ4n) is 2.76. The summed E-state index contributed by atoms with van der Waals surface area (Å²) in [6, 6.07) is 9.22. The first-order chi connectivity index (χ1) is 15.8. The number of nitrogens with zero attached hydrogens (tertiary/aromatic N) is 4. The smallest absolute Gasteiger partial charge is 0.306 e. The zero-order chi connectivity index (χ0) is 23.8. The van der Waals surface area contributed by atoms with Crippen LogP contribution in [0, 0.1) is 17.1 Å². The number of nitriles is 1. The van der Waals surface area contributed by atoms with Crippen LogP contribution in [0.1, 0.15) is 22.6 Å². The summed E-state index contributed by atoms with van der Waals surface area (Å²) in [6.45, 7) is -1.23. The van der Waals surface area contributed by atoms with Crippen LogP contribution in [0.5, 0.6) is 5.75 Å². The Morgan fingerprint density at radius 3 is 2.56 bits per heavy atom. The molecule has 1 amide bonds. The minimum absolute atomic E-state index is 0. The molecule has 2 N–H and O–H groups in total. The van der Waals surface area contributed by atoms with Gasteiger partial charge in [0.1, 0.15) is 17.6 Å². The lowest BCUT2D eigenvalue weighted by Gasteiger charge is -2.18. The maximum absolute atomic E-state index is 14.4. The third-order valence-electron chi connectivity index (χ3n) is 4.40. The van der Waals surface area contributed by atoms with Crippen molar-refractivity contribution in [1.29, 1.82) is 5.26 Å². The van der Waals surface area contributed by atoms with Gasteiger partial charge in [0.2, 0.25) is 11.7 Å². The highest BCUT2D eigenvalue weighted by atomic mass is 79.9. The molecule has 3 heterocycles. The molecule has 0 saturated carbocycles. The van der Waals surface area contributed by atoms with Crippen molar-refractivity contribution in [2.24, 2.45) is 0 Å². The standard InChI is InChI=1S/C21H16F4N6O2.BrH/c22-14-4-3-7-27-16(14)11-29-19(32)9-15-13(10-26)8-17(33-25)20(31-15)30-12-21(23,24)18-5-1-2-6-28-18;/h1-8H,9,11-12H2,(H,29,32)(H,30,31);1H. The van der Waals surface area contributed by atoms with Gasteiger partial charge in [-0.05, 0) is 24.3 Å². The van der Waals surface area contributed by atoms with E-state index >= 15 is 0 Å². The number of carbonyl (C=O) groups is 1. The Balaban J connectivity index is 0.00000408. The van der Waals surface area contributed by atoms with Crippen molar-refractivity contribution in [3.8, 4) is 11.8 Å². The second kappa shape index (κ2) is 11.9. The number of amides is 1. The first-order valence-electron chi connectivity index (χ1n) is 9.46. The largest absolute Gasteiger partial charge is 0.360 e. The van der Waals surface area contributed by atoms with Gasteiger partial charge in [-0.1, -0.05) is 6.07 Å². The summed E-state index contributed by atoms with van der Waals surface area (Å²) in [4.78, 5) is 27.2. The van der Waals surface area contributed by atoms with Crippen molar-refractivity contribution in [2.45, 2.75) is 18.9 Å². The van der Waals surface area contributed by atoms with Gasteiger partial charge in [0.25, 0.3) is 0 Å². The average molecular weight is 541 g/mol. The summed E-state index contributed by atoms with van der Waals surface area (Å²) < 4.78 is 55.4. The molecule has 13 heteroatoms. The molecule has 0 radical (unpaired) electrons. The number of rotatable bonds is 9. The predicted molar refractivity (Wildman–Crippen MR) is 117 cm³/mol. The van der Waals surface area contributed by atoms with Gasteiger partial charge in [0.15, 0.2) is 5.82 Å². The van der Waals surface area contributed by atoms with Gasteiger partial charge < -0.3 is 10.6 Å². The number of hydrogen-bond donors (Lipinski definition) is 2. The SMILES string of the molecule is Br.N#Cc1cc(OF)c(NCC(F)(F)c2ccccn2)nc1CC(=O)NCc1ncccc1F. The molecule has 0 aliphatic heterocycles. The Morgan fingerprint density at radius 1 is 1.15 bits per heavy atom. The third kappa shape index (κ3) is 6.61. The molecule has 0 fully saturated rings. The topological polar surface area (TPSA) is 113 Å². The average Bonchev–Trinajstić information content (AvgIpc) is 2.83. The Kier molecular flexibility index (Phi) is 9.26. The monoisotopic (exact) mass is 540 g/mol. The molecule has 8 nitrogen and oxygen atoms in total. The maximum Gasteiger partial charge on any atom is 0.306 e. The number of aromatic nitrogens is 3. The summed E-state index contributed by atoms with van der Waals surface area (Å²) in [6.07, 6.45) is 2.09. The molecule has 0 saturated heterocycles. The molecule has 0 aliphatic carbocycles. The van der Waals surface area contributed by atoms with Crippen molar-refractivity contribution in [1.82, 2.24) is 20.3 Å². The van der Waals surface area contributed by atoms with Gasteiger partial charge in [-0.15, -0.1) is 17.0 Å². The van der Waals surface area contributed by atoms with E-state index in [9.17, 15) is 27.8 Å². The van der Waals surface area contributed by atoms with Crippen LogP contribution in [0.2, 0.25) is 0 Å². The van der Waals surface area contributed by atoms with Gasteiger partial charge in [0, 0.05) is 23.0 Å². The van der Waals surface area contributed by atoms with Gasteiger partial charge in [-0.3, -0.25) is 19.7 Å². The molecule has 0 atom stereocenters. The molecule has 0 aliphatic rings. The summed E-state index contributed by atoms with van der Waals surface area (Å²) in [5.41, 5.74) is -0.848. The minimum atomic E-state index is -3.44. The Bertz CT molecular complexity index is 1180. The van der Waals surface area contributed by atoms with E-state index in [0.717, 1.165) is 12.1 Å². The summed E-state index contributed by atoms with van der Waals surface area (Å²) >= 11 is 0. The highest BCUT2D eigenvalue weighted by Gasteiger charge is 2.33. The molecule has 0 spiro atoms. The van der Waals surface area contributed by atoms with Crippen LogP contribution in [0.15, 0.2) is 48.8 Å². The zero-order valence-corrected chi connectivity index (χ0v) is 19.0. The third-order valence-corrected chi connectivity index (χ3v) is 4.40. The number of halogens is 5. The Labute approximate surface area is 201 Å². The van der Waals surface area contributed by atoms with E-state index in [1.54, 1.807) is 6.07 Å². The molecule has 3 aromatic heterocycles. The van der Waals surface area contributed by atoms with Gasteiger partial charge in [0.05, 0.1) is 36.5 Å². The molecule has 34 heavy (non-hydrogen) atoms. The van der Waals surface area contributed by atoms with Crippen LogP contribution in [0.4, 0.5) is 23.5 Å². The number of alkyl halides is 2. The van der Waals surface area contributed by atoms with E-state index in [1.165, 1.54) is 36.7 Å². The normalized spacial score (nSPS) is 10.6. The van der Waals surface area contributed by atoms with Crippen molar-refractivity contribution in [3.05, 3.63) is 77.3 Å². The molecular formula is C21H17BrF4N6O2. The second-order valence-electron chi connectivity index (χ2n) is 6.68. The molecule has 0 aromatic carbocycles. The Morgan fingerprint density at radius 2 is 1.91 bits per heavy atom. The van der Waals surface area contributed by atoms with E-state index in [2.05, 4.69) is 30.5 Å². The summed E-state index contributed by atoms with van der Waals surface area (Å²) in [5.74, 6) is -5.75. The Hall–Kier alpha value is -3.79. The minimum Gasteiger partial charge on any atom is -0.360 e. The quantitative estimate of drug-likeness (QED) is 0.397. The lowest BCUT2D eigenvalue weighted by Crippen LogP contribution is -2.27. The lowest BCUT2D eigenvalue weighted by atomic mass is 10.1. The number of nitrogens with one attached hydrogen (secondary N) is 2. The van der Waals surface area contributed by atoms with E-state index in [4.69, 9.17) is 0 Å². The van der Waals surface area contributed by atoms with E-state index in [-0.39, 0.29) is 40.5 Å². The van der Waals surface area contributed by atoms with Crippen LogP contribution in [0.3, 0.4) is 0 Å². The molecule has 178 valence electrons. The van der Waals surface area contributed by atoms with Crippen LogP contribution in [-0.4, -0.2) is 27.4 Å². The molecule has 3 rings (SSSR count). The fourth-order valence-corrected chi connectivity index (χ4v) is 2.76. The number of carbonyl (C=O) groups excluding carboxylic acids is 1. The summed E-state index contributed by atoms with van der Waals surface area (Å²) in [5, 5.41) is 14.0. The van der Waals surface area contributed by atoms with Crippen LogP contribution in [0.25, 0.3) is 0 Å². The molecule has 0 bridgehead atoms. The first kappa shape index (κ1) is 26.5. The fraction of sp³-hybridized carbons (Fsp3) is 0.190. The van der Waals surface area contributed by atoms with Crippen LogP contribution >= 0.6 is 17.0 Å². The predicted octanol–water partition coefficient (Wildman–Crippen LogP) is 3.79. The second-order valence-corrected chi connectivity index (χ2v) is 6.68. The number of hydrogen-bond acceptors (Lipinski definition) is 7. The van der Waals surface area contributed by atoms with Crippen molar-refractivity contribution in [2.75, 3.05) is 11.9 Å². The highest BCUT2D eigenvalue weighted by Crippen LogP contribution is 2.30. The van der Waals surface area contributed by atoms with Crippen molar-refractivity contribution >= 4 is 28.7 Å². The van der Waals surface area contributed by atoms with Gasteiger partial charge in [-0.25, -0.2) is 9.37 Å². The molecule has 0 unspecified atom stereocenters. The van der Waals surface area contributed by atoms with Crippen molar-refractivity contribution < 1.29 is 27.4 Å². The first-order valence-corrected chi connectivity index (χ1v) is 9.46. The number of anilines is 1. The van der Waals surface area contributed by atoms with E-state index in [0.29, 0.717) is 0 Å². The van der Waals surface area contributed by atoms with Crippen LogP contribution < -0.4 is 15.6 Å². The van der Waals surface area contributed by atoms with Crippen LogP contribution in [-0.2, 0) is 23.7 Å². The van der Waals surface area contributed by atoms with Crippen molar-refractivity contribution in [3.63, 3.8) is 0 Å². The summed E-state index contributed by atoms with van der Waals surface area (Å²) in [7, 11) is 0. The zero-order valence-electron chi connectivity index (χ0n) is 17.3. The van der Waals surface area contributed by atoms with Gasteiger partial charge >= 0.3 is 5.92 Å². The molecule has 3 aromatic rings. The highest BCUT2D eigenvalue weighted by molar-refractivity contribution is 8.93. The maximum atomic E-state index is 14.4. The van der Waals surface area contributed by atoms with Gasteiger partial charge in [-0.2, -0.15) is 14.0 Å². The number of pyridine rings is 3. The molecular weight excluding hydrogens is 524 g/mol.